The molecule has 13 nitrogen and oxygen atoms in total. The fourth-order valence-electron chi connectivity index (χ4n) is 7.61. The second-order valence-electron chi connectivity index (χ2n) is 16.4. The third-order valence-corrected chi connectivity index (χ3v) is 11.2. The number of aliphatic carboxylic acids is 1. The molecule has 0 aliphatic carbocycles. The van der Waals surface area contributed by atoms with E-state index in [0.717, 1.165) is 11.1 Å². The zero-order valence-corrected chi connectivity index (χ0v) is 37.0. The minimum absolute atomic E-state index is 0.00183. The lowest BCUT2D eigenvalue weighted by atomic mass is 9.99. The van der Waals surface area contributed by atoms with Gasteiger partial charge in [0.05, 0.1) is 6.04 Å². The van der Waals surface area contributed by atoms with E-state index in [1.807, 2.05) is 78.9 Å². The van der Waals surface area contributed by atoms with E-state index in [2.05, 4.69) is 26.6 Å². The van der Waals surface area contributed by atoms with Gasteiger partial charge in [-0.2, -0.15) is 0 Å². The molecule has 6 aromatic carbocycles. The Balaban J connectivity index is 1.26. The average Bonchev–Trinajstić information content (AvgIpc) is 3.34. The van der Waals surface area contributed by atoms with Crippen molar-refractivity contribution in [2.75, 3.05) is 0 Å². The molecule has 6 aromatic rings. The summed E-state index contributed by atoms with van der Waals surface area (Å²) in [7, 11) is 0. The normalized spacial score (nSPS) is 13.6. The van der Waals surface area contributed by atoms with Crippen LogP contribution in [0.5, 0.6) is 0 Å². The lowest BCUT2D eigenvalue weighted by molar-refractivity contribution is -0.142. The molecule has 6 atom stereocenters. The largest absolute Gasteiger partial charge is 0.480 e. The minimum atomic E-state index is -1.30. The van der Waals surface area contributed by atoms with Gasteiger partial charge in [0.25, 0.3) is 0 Å². The first-order chi connectivity index (χ1) is 32.5. The van der Waals surface area contributed by atoms with E-state index >= 15 is 0 Å². The number of hydrogen-bond acceptors (Lipinski definition) is 7. The Labute approximate surface area is 390 Å². The zero-order valence-electron chi connectivity index (χ0n) is 37.0. The lowest BCUT2D eigenvalue weighted by Gasteiger charge is -2.27. The van der Waals surface area contributed by atoms with Crippen molar-refractivity contribution in [3.63, 3.8) is 0 Å². The monoisotopic (exact) mass is 900 g/mol. The summed E-state index contributed by atoms with van der Waals surface area (Å²) >= 11 is 0. The van der Waals surface area contributed by atoms with Gasteiger partial charge in [0.15, 0.2) is 0 Å². The van der Waals surface area contributed by atoms with E-state index in [1.54, 1.807) is 103 Å². The van der Waals surface area contributed by atoms with Gasteiger partial charge in [0.2, 0.25) is 29.5 Å². The van der Waals surface area contributed by atoms with E-state index in [1.165, 1.54) is 0 Å². The summed E-state index contributed by atoms with van der Waals surface area (Å²) in [6, 6.07) is 47.1. The number of amides is 5. The molecule has 0 heterocycles. The number of benzene rings is 6. The van der Waals surface area contributed by atoms with Crippen LogP contribution in [0.25, 0.3) is 0 Å². The summed E-state index contributed by atoms with van der Waals surface area (Å²) in [4.78, 5) is 83.7. The molecule has 6 rings (SSSR count). The van der Waals surface area contributed by atoms with Gasteiger partial charge in [0, 0.05) is 32.1 Å². The molecule has 344 valence electrons. The molecule has 0 bridgehead atoms. The van der Waals surface area contributed by atoms with Crippen molar-refractivity contribution in [3.05, 3.63) is 215 Å². The number of nitrogens with one attached hydrogen (secondary N) is 5. The van der Waals surface area contributed by atoms with Crippen LogP contribution < -0.4 is 32.3 Å². The molecule has 0 saturated carbocycles. The highest BCUT2D eigenvalue weighted by Gasteiger charge is 2.34. The topological polar surface area (TPSA) is 209 Å². The van der Waals surface area contributed by atoms with Gasteiger partial charge in [-0.05, 0) is 39.8 Å². The second-order valence-corrected chi connectivity index (χ2v) is 16.4. The van der Waals surface area contributed by atoms with E-state index in [0.29, 0.717) is 22.3 Å². The zero-order chi connectivity index (χ0) is 47.4. The van der Waals surface area contributed by atoms with Gasteiger partial charge >= 0.3 is 5.97 Å². The standard InChI is InChI=1S/C54H56N6O7/c55-43(31-37-19-7-1-8-20-37)49(61)56-44(32-38-21-9-2-10-22-38)50(62)57-45(33-39-23-11-3-12-24-39)51(63)58-46(34-40-25-13-4-14-26-40)52(64)59-47(35-41-27-15-5-16-28-41)53(65)60-48(54(66)67)36-42-29-17-6-18-30-42/h1-30,43-48H,31-36,55H2,(H,56,61)(H,57,62)(H,58,63)(H,59,64)(H,60,65)(H,66,67)/t43-,44-,45-,46-,47-,48-/m1/s1. The number of hydrogen-bond donors (Lipinski definition) is 7. The molecule has 0 unspecified atom stereocenters. The van der Waals surface area contributed by atoms with Crippen LogP contribution in [0.3, 0.4) is 0 Å². The van der Waals surface area contributed by atoms with Crippen molar-refractivity contribution in [2.24, 2.45) is 5.73 Å². The van der Waals surface area contributed by atoms with Crippen molar-refractivity contribution in [3.8, 4) is 0 Å². The third kappa shape index (κ3) is 15.6. The Morgan fingerprint density at radius 3 is 0.746 bits per heavy atom. The molecule has 5 amide bonds. The fraction of sp³-hybridized carbons (Fsp3) is 0.222. The van der Waals surface area contributed by atoms with E-state index < -0.39 is 71.8 Å². The van der Waals surface area contributed by atoms with Crippen LogP contribution in [0, 0.1) is 0 Å². The van der Waals surface area contributed by atoms with Crippen molar-refractivity contribution < 1.29 is 33.9 Å². The third-order valence-electron chi connectivity index (χ3n) is 11.2. The highest BCUT2D eigenvalue weighted by atomic mass is 16.4. The average molecular weight is 901 g/mol. The predicted molar refractivity (Wildman–Crippen MR) is 256 cm³/mol. The number of carboxylic acid groups (broad SMARTS) is 1. The summed E-state index contributed by atoms with van der Waals surface area (Å²) in [5.74, 6) is -4.58. The first-order valence-electron chi connectivity index (χ1n) is 22.2. The van der Waals surface area contributed by atoms with E-state index in [9.17, 15) is 33.9 Å². The summed E-state index contributed by atoms with van der Waals surface area (Å²) in [5, 5.41) is 24.1. The highest BCUT2D eigenvalue weighted by Crippen LogP contribution is 2.12. The maximum absolute atomic E-state index is 14.6. The summed E-state index contributed by atoms with van der Waals surface area (Å²) in [6.07, 6.45) is 0.367. The predicted octanol–water partition coefficient (Wildman–Crippen LogP) is 4.28. The summed E-state index contributed by atoms with van der Waals surface area (Å²) < 4.78 is 0. The summed E-state index contributed by atoms with van der Waals surface area (Å²) in [6.45, 7) is 0. The van der Waals surface area contributed by atoms with Crippen LogP contribution in [0.15, 0.2) is 182 Å². The van der Waals surface area contributed by atoms with Crippen LogP contribution in [-0.4, -0.2) is 76.9 Å². The maximum Gasteiger partial charge on any atom is 0.326 e. The molecule has 0 spiro atoms. The van der Waals surface area contributed by atoms with Crippen LogP contribution in [0.2, 0.25) is 0 Å². The number of carboxylic acids is 1. The van der Waals surface area contributed by atoms with Crippen molar-refractivity contribution in [1.29, 1.82) is 0 Å². The number of carbonyl (C=O) groups excluding carboxylic acids is 5. The van der Waals surface area contributed by atoms with E-state index in [4.69, 9.17) is 5.73 Å². The van der Waals surface area contributed by atoms with Gasteiger partial charge < -0.3 is 37.4 Å². The van der Waals surface area contributed by atoms with Gasteiger partial charge in [0.1, 0.15) is 30.2 Å². The second kappa shape index (κ2) is 25.0. The smallest absolute Gasteiger partial charge is 0.326 e. The Morgan fingerprint density at radius 2 is 0.507 bits per heavy atom. The minimum Gasteiger partial charge on any atom is -0.480 e. The Hall–Kier alpha value is -7.90. The first-order valence-corrected chi connectivity index (χ1v) is 22.2. The number of rotatable bonds is 23. The Kier molecular flexibility index (Phi) is 18.1. The molecule has 67 heavy (non-hydrogen) atoms. The fourth-order valence-corrected chi connectivity index (χ4v) is 7.61. The molecule has 0 fully saturated rings. The van der Waals surface area contributed by atoms with E-state index in [-0.39, 0.29) is 38.5 Å². The van der Waals surface area contributed by atoms with Gasteiger partial charge in [-0.3, -0.25) is 24.0 Å². The number of carbonyl (C=O) groups is 6. The van der Waals surface area contributed by atoms with Crippen LogP contribution in [0.1, 0.15) is 33.4 Å². The maximum atomic E-state index is 14.6. The molecule has 0 aliphatic heterocycles. The van der Waals surface area contributed by atoms with Gasteiger partial charge in [-0.15, -0.1) is 0 Å². The quantitative estimate of drug-likeness (QED) is 0.0493. The molecule has 0 radical (unpaired) electrons. The molecular weight excluding hydrogens is 845 g/mol. The highest BCUT2D eigenvalue weighted by molar-refractivity contribution is 5.97. The van der Waals surface area contributed by atoms with Crippen molar-refractivity contribution in [1.82, 2.24) is 26.6 Å². The Morgan fingerprint density at radius 1 is 0.313 bits per heavy atom. The molecule has 0 aliphatic rings. The molecule has 8 N–H and O–H groups in total. The Bertz CT molecular complexity index is 2520. The van der Waals surface area contributed by atoms with Crippen LogP contribution in [0.4, 0.5) is 0 Å². The van der Waals surface area contributed by atoms with Crippen molar-refractivity contribution in [2.45, 2.75) is 74.8 Å². The number of nitrogens with two attached hydrogens (primary N) is 1. The molecule has 0 aromatic heterocycles. The molecule has 13 heteroatoms. The van der Waals surface area contributed by atoms with Gasteiger partial charge in [-0.1, -0.05) is 182 Å². The molecular formula is C54H56N6O7. The van der Waals surface area contributed by atoms with Crippen LogP contribution in [-0.2, 0) is 67.3 Å². The van der Waals surface area contributed by atoms with Crippen molar-refractivity contribution >= 4 is 35.5 Å². The van der Waals surface area contributed by atoms with Gasteiger partial charge in [-0.25, -0.2) is 4.79 Å². The SMILES string of the molecule is N[C@H](Cc1ccccc1)C(=O)N[C@H](Cc1ccccc1)C(=O)N[C@H](Cc1ccccc1)C(=O)N[C@H](Cc1ccccc1)C(=O)N[C@H](Cc1ccccc1)C(=O)N[C@H](Cc1ccccc1)C(=O)O. The first kappa shape index (κ1) is 48.6. The van der Waals surface area contributed by atoms with Crippen LogP contribution >= 0.6 is 0 Å². The lowest BCUT2D eigenvalue weighted by Crippen LogP contribution is -2.60. The summed E-state index contributed by atoms with van der Waals surface area (Å²) in [5.41, 5.74) is 10.8. The molecule has 0 saturated heterocycles.